The summed E-state index contributed by atoms with van der Waals surface area (Å²) in [5, 5.41) is 5.21. The molecule has 154 valence electrons. The standard InChI is InChI=1S/2C13H10N.2ClH.Ti/c2*1-2-6-12-10-13(9-11(12)5-1)14-7-3-4-8-14;;;/h2*1-10H;2*1H;/q2*-1;;;+2/p-2. The molecule has 0 amide bonds. The topological polar surface area (TPSA) is 9.86 Å². The van der Waals surface area contributed by atoms with Crippen LogP contribution in [0.25, 0.3) is 32.9 Å². The molecule has 5 heteroatoms. The predicted octanol–water partition coefficient (Wildman–Crippen LogP) is 8.08. The number of halogens is 2. The summed E-state index contributed by atoms with van der Waals surface area (Å²) >= 11 is -0.556. The molecule has 0 atom stereocenters. The molecule has 0 fully saturated rings. The molecule has 6 aromatic rings. The van der Waals surface area contributed by atoms with Gasteiger partial charge in [0.15, 0.2) is 0 Å². The van der Waals surface area contributed by atoms with Crippen molar-refractivity contribution in [1.29, 1.82) is 0 Å². The summed E-state index contributed by atoms with van der Waals surface area (Å²) in [6, 6.07) is 33.8. The van der Waals surface area contributed by atoms with E-state index < -0.39 is 17.0 Å². The van der Waals surface area contributed by atoms with Crippen molar-refractivity contribution in [2.24, 2.45) is 0 Å². The Balaban J connectivity index is 0.000000133. The molecular weight excluding hydrogens is 459 g/mol. The second kappa shape index (κ2) is 10.7. The molecule has 2 nitrogen and oxygen atoms in total. The number of hydrogen-bond acceptors (Lipinski definition) is 0. The van der Waals surface area contributed by atoms with Crippen LogP contribution in [0.3, 0.4) is 0 Å². The van der Waals surface area contributed by atoms with Gasteiger partial charge >= 0.3 is 35.6 Å². The summed E-state index contributed by atoms with van der Waals surface area (Å²) in [7, 11) is 9.78. The van der Waals surface area contributed by atoms with E-state index in [-0.39, 0.29) is 0 Å². The zero-order valence-electron chi connectivity index (χ0n) is 16.7. The third-order valence-corrected chi connectivity index (χ3v) is 5.01. The van der Waals surface area contributed by atoms with Crippen LogP contribution in [0.2, 0.25) is 0 Å². The molecule has 0 aliphatic carbocycles. The first-order valence-electron chi connectivity index (χ1n) is 9.82. The van der Waals surface area contributed by atoms with Crippen molar-refractivity contribution in [2.75, 3.05) is 0 Å². The molecule has 0 aliphatic rings. The summed E-state index contributed by atoms with van der Waals surface area (Å²) < 4.78 is 4.25. The van der Waals surface area contributed by atoms with Gasteiger partial charge in [0.05, 0.1) is 0 Å². The first kappa shape index (κ1) is 21.7. The molecule has 2 heterocycles. The van der Waals surface area contributed by atoms with Gasteiger partial charge in [0, 0.05) is 24.8 Å². The van der Waals surface area contributed by atoms with Crippen LogP contribution in [0, 0.1) is 0 Å². The maximum absolute atomic E-state index is 4.89. The SMILES string of the molecule is [Cl][Ti][Cl].c1ccc2[cH-]c(-n3cccc3)cc2c1.c1ccc2[cH-]c(-n3cccc3)cc2c1. The zero-order chi connectivity index (χ0) is 21.5. The number of nitrogens with zero attached hydrogens (tertiary/aromatic N) is 2. The van der Waals surface area contributed by atoms with Crippen molar-refractivity contribution in [3.8, 4) is 11.4 Å². The van der Waals surface area contributed by atoms with E-state index in [1.54, 1.807) is 0 Å². The van der Waals surface area contributed by atoms with Crippen molar-refractivity contribution >= 4 is 40.2 Å². The molecule has 6 rings (SSSR count). The van der Waals surface area contributed by atoms with Gasteiger partial charge in [-0.2, -0.15) is 0 Å². The first-order chi connectivity index (χ1) is 15.3. The van der Waals surface area contributed by atoms with Crippen LogP contribution >= 0.6 is 18.6 Å². The van der Waals surface area contributed by atoms with E-state index in [9.17, 15) is 0 Å². The number of rotatable bonds is 2. The van der Waals surface area contributed by atoms with Crippen molar-refractivity contribution in [1.82, 2.24) is 9.13 Å². The van der Waals surface area contributed by atoms with Crippen LogP contribution in [0.15, 0.2) is 122 Å². The van der Waals surface area contributed by atoms with Crippen LogP contribution in [-0.2, 0) is 17.0 Å². The number of aromatic nitrogens is 2. The molecule has 0 saturated heterocycles. The minimum atomic E-state index is -0.556. The fourth-order valence-electron chi connectivity index (χ4n) is 3.58. The van der Waals surface area contributed by atoms with Gasteiger partial charge in [0.2, 0.25) is 0 Å². The smallest absolute Gasteiger partial charge is 0.00705 e. The maximum atomic E-state index is 4.89. The predicted molar refractivity (Wildman–Crippen MR) is 129 cm³/mol. The van der Waals surface area contributed by atoms with E-state index in [0.717, 1.165) is 0 Å². The Hall–Kier alpha value is -2.49. The summed E-state index contributed by atoms with van der Waals surface area (Å²) in [4.78, 5) is 0. The minimum Gasteiger partial charge on any atom is -0.342 e. The van der Waals surface area contributed by atoms with Gasteiger partial charge in [-0.1, -0.05) is 12.1 Å². The Kier molecular flexibility index (Phi) is 7.50. The van der Waals surface area contributed by atoms with E-state index in [1.165, 1.54) is 32.9 Å². The Bertz CT molecular complexity index is 1160. The zero-order valence-corrected chi connectivity index (χ0v) is 19.8. The molecule has 0 unspecified atom stereocenters. The fourth-order valence-corrected chi connectivity index (χ4v) is 3.58. The molecular formula is C26H20Cl2N2Ti-2. The minimum absolute atomic E-state index is 0.556. The molecule has 0 aliphatic heterocycles. The number of fused-ring (bicyclic) bond motifs is 2. The van der Waals surface area contributed by atoms with Crippen molar-refractivity contribution in [2.45, 2.75) is 0 Å². The average molecular weight is 479 g/mol. The van der Waals surface area contributed by atoms with Crippen LogP contribution in [0.1, 0.15) is 0 Å². The van der Waals surface area contributed by atoms with Gasteiger partial charge in [-0.3, -0.25) is 0 Å². The summed E-state index contributed by atoms with van der Waals surface area (Å²) in [6.07, 6.45) is 8.25. The Morgan fingerprint density at radius 2 is 0.903 bits per heavy atom. The fraction of sp³-hybridized carbons (Fsp3) is 0. The van der Waals surface area contributed by atoms with Crippen LogP contribution in [-0.4, -0.2) is 9.13 Å². The molecule has 0 saturated carbocycles. The van der Waals surface area contributed by atoms with Gasteiger partial charge in [-0.25, -0.2) is 0 Å². The largest absolute Gasteiger partial charge is 0.342 e. The van der Waals surface area contributed by atoms with E-state index in [2.05, 4.69) is 107 Å². The number of hydrogen-bond donors (Lipinski definition) is 0. The Labute approximate surface area is 198 Å². The third kappa shape index (κ3) is 5.41. The van der Waals surface area contributed by atoms with Crippen molar-refractivity contribution in [3.05, 3.63) is 122 Å². The molecule has 0 bridgehead atoms. The van der Waals surface area contributed by atoms with Gasteiger partial charge in [-0.05, 0) is 35.6 Å². The maximum Gasteiger partial charge on any atom is 0.00705 e. The molecule has 4 aromatic carbocycles. The van der Waals surface area contributed by atoms with E-state index in [1.807, 2.05) is 24.3 Å². The third-order valence-electron chi connectivity index (χ3n) is 5.01. The summed E-state index contributed by atoms with van der Waals surface area (Å²) in [6.45, 7) is 0. The normalized spacial score (nSPS) is 10.3. The van der Waals surface area contributed by atoms with Gasteiger partial charge in [0.1, 0.15) is 0 Å². The summed E-state index contributed by atoms with van der Waals surface area (Å²) in [5.41, 5.74) is 2.47. The van der Waals surface area contributed by atoms with E-state index in [4.69, 9.17) is 18.6 Å². The molecule has 0 spiro atoms. The molecule has 0 N–H and O–H groups in total. The van der Waals surface area contributed by atoms with Crippen molar-refractivity contribution < 1.29 is 17.0 Å². The van der Waals surface area contributed by atoms with Gasteiger partial charge in [0.25, 0.3) is 0 Å². The van der Waals surface area contributed by atoms with Crippen LogP contribution < -0.4 is 0 Å². The van der Waals surface area contributed by atoms with Gasteiger partial charge < -0.3 is 9.13 Å². The molecule has 31 heavy (non-hydrogen) atoms. The summed E-state index contributed by atoms with van der Waals surface area (Å²) in [5.74, 6) is 0. The number of benzene rings is 2. The van der Waals surface area contributed by atoms with E-state index >= 15 is 0 Å². The average Bonchev–Trinajstić information content (AvgIpc) is 3.60. The Morgan fingerprint density at radius 1 is 0.548 bits per heavy atom. The van der Waals surface area contributed by atoms with Crippen LogP contribution in [0.5, 0.6) is 0 Å². The first-order valence-corrected chi connectivity index (χ1v) is 14.1. The van der Waals surface area contributed by atoms with E-state index in [0.29, 0.717) is 0 Å². The molecule has 2 aromatic heterocycles. The van der Waals surface area contributed by atoms with Crippen molar-refractivity contribution in [3.63, 3.8) is 0 Å². The monoisotopic (exact) mass is 478 g/mol. The Morgan fingerprint density at radius 3 is 1.26 bits per heavy atom. The van der Waals surface area contributed by atoms with Gasteiger partial charge in [-0.15, -0.1) is 82.2 Å². The van der Waals surface area contributed by atoms with Crippen LogP contribution in [0.4, 0.5) is 0 Å². The quantitative estimate of drug-likeness (QED) is 0.176. The molecule has 0 radical (unpaired) electrons. The second-order valence-corrected chi connectivity index (χ2v) is 9.52. The second-order valence-electron chi connectivity index (χ2n) is 6.94.